The number of hydrogen-bond donors (Lipinski definition) is 0. The number of carbonyl (C=O) groups excluding carboxylic acids is 1. The van der Waals surface area contributed by atoms with Crippen molar-refractivity contribution in [3.05, 3.63) is 12.2 Å². The molecule has 14 heavy (non-hydrogen) atoms. The maximum atomic E-state index is 10.5. The van der Waals surface area contributed by atoms with E-state index in [0.717, 1.165) is 6.26 Å². The summed E-state index contributed by atoms with van der Waals surface area (Å²) in [4.78, 5) is 9.72. The fourth-order valence-electron chi connectivity index (χ4n) is 0.687. The van der Waals surface area contributed by atoms with E-state index in [1.807, 2.05) is 0 Å². The van der Waals surface area contributed by atoms with Gasteiger partial charge in [0.25, 0.3) is 16.6 Å². The Morgan fingerprint density at radius 3 is 2.21 bits per heavy atom. The third-order valence-corrected chi connectivity index (χ3v) is 1.81. The van der Waals surface area contributed by atoms with Gasteiger partial charge in [-0.05, 0) is 12.8 Å². The molecule has 0 aromatic rings. The lowest BCUT2D eigenvalue weighted by Crippen LogP contribution is -2.03. The summed E-state index contributed by atoms with van der Waals surface area (Å²) in [5.74, 6) is 0. The summed E-state index contributed by atoms with van der Waals surface area (Å²) in [5, 5.41) is 0. The van der Waals surface area contributed by atoms with E-state index in [9.17, 15) is 13.2 Å². The highest BCUT2D eigenvalue weighted by molar-refractivity contribution is 7.85. The van der Waals surface area contributed by atoms with Crippen molar-refractivity contribution >= 4 is 16.6 Å². The van der Waals surface area contributed by atoms with Crippen molar-refractivity contribution in [1.29, 1.82) is 0 Å². The van der Waals surface area contributed by atoms with Crippen molar-refractivity contribution in [3.63, 3.8) is 0 Å². The molecule has 0 fully saturated rings. The number of ether oxygens (including phenoxy) is 1. The van der Waals surface area contributed by atoms with Gasteiger partial charge in [-0.25, -0.2) is 0 Å². The van der Waals surface area contributed by atoms with Crippen molar-refractivity contribution < 1.29 is 22.1 Å². The smallest absolute Gasteiger partial charge is 0.293 e. The SMILES string of the molecule is CS(=O)(=O)OCCC=CCCOC=O. The van der Waals surface area contributed by atoms with Gasteiger partial charge in [-0.2, -0.15) is 8.42 Å². The molecule has 0 heterocycles. The third kappa shape index (κ3) is 11.1. The molecule has 82 valence electrons. The molecule has 0 radical (unpaired) electrons. The maximum absolute atomic E-state index is 10.5. The molecule has 0 bridgehead atoms. The second kappa shape index (κ2) is 7.52. The molecule has 0 aromatic heterocycles. The Bertz CT molecular complexity index is 267. The fourth-order valence-corrected chi connectivity index (χ4v) is 1.09. The highest BCUT2D eigenvalue weighted by Crippen LogP contribution is 1.92. The summed E-state index contributed by atoms with van der Waals surface area (Å²) in [6.45, 7) is 0.872. The van der Waals surface area contributed by atoms with Crippen molar-refractivity contribution in [1.82, 2.24) is 0 Å². The van der Waals surface area contributed by atoms with Crippen LogP contribution in [0.4, 0.5) is 0 Å². The quantitative estimate of drug-likeness (QED) is 0.258. The monoisotopic (exact) mass is 222 g/mol. The molecule has 0 N–H and O–H groups in total. The molecule has 5 nitrogen and oxygen atoms in total. The topological polar surface area (TPSA) is 69.7 Å². The second-order valence-electron chi connectivity index (χ2n) is 2.54. The average molecular weight is 222 g/mol. The van der Waals surface area contributed by atoms with Crippen LogP contribution in [0.15, 0.2) is 12.2 Å². The van der Waals surface area contributed by atoms with Crippen molar-refractivity contribution in [3.8, 4) is 0 Å². The number of hydrogen-bond acceptors (Lipinski definition) is 5. The Morgan fingerprint density at radius 1 is 1.14 bits per heavy atom. The van der Waals surface area contributed by atoms with Crippen LogP contribution in [0, 0.1) is 0 Å². The number of carbonyl (C=O) groups is 1. The van der Waals surface area contributed by atoms with Crippen LogP contribution in [0.2, 0.25) is 0 Å². The van der Waals surface area contributed by atoms with Gasteiger partial charge in [-0.3, -0.25) is 8.98 Å². The molecular formula is C8H14O5S. The van der Waals surface area contributed by atoms with Crippen LogP contribution in [0.1, 0.15) is 12.8 Å². The van der Waals surface area contributed by atoms with E-state index in [0.29, 0.717) is 25.9 Å². The second-order valence-corrected chi connectivity index (χ2v) is 4.19. The molecule has 0 rings (SSSR count). The first-order chi connectivity index (χ1) is 6.56. The largest absolute Gasteiger partial charge is 0.468 e. The Balaban J connectivity index is 3.32. The summed E-state index contributed by atoms with van der Waals surface area (Å²) in [6, 6.07) is 0. The molecule has 0 atom stereocenters. The minimum absolute atomic E-state index is 0.143. The van der Waals surface area contributed by atoms with E-state index in [-0.39, 0.29) is 6.61 Å². The van der Waals surface area contributed by atoms with Crippen molar-refractivity contribution in [2.45, 2.75) is 12.8 Å². The van der Waals surface area contributed by atoms with Crippen molar-refractivity contribution in [2.75, 3.05) is 19.5 Å². The molecule has 0 aliphatic carbocycles. The van der Waals surface area contributed by atoms with E-state index in [1.165, 1.54) is 0 Å². The van der Waals surface area contributed by atoms with Crippen LogP contribution in [0.3, 0.4) is 0 Å². The summed E-state index contributed by atoms with van der Waals surface area (Å²) in [6.07, 6.45) is 5.73. The lowest BCUT2D eigenvalue weighted by Gasteiger charge is -1.96. The third-order valence-electron chi connectivity index (χ3n) is 1.22. The van der Waals surface area contributed by atoms with Crippen LogP contribution in [-0.4, -0.2) is 34.4 Å². The van der Waals surface area contributed by atoms with Gasteiger partial charge >= 0.3 is 0 Å². The zero-order chi connectivity index (χ0) is 10.9. The van der Waals surface area contributed by atoms with Gasteiger partial charge < -0.3 is 4.74 Å². The molecule has 0 saturated carbocycles. The summed E-state index contributed by atoms with van der Waals surface area (Å²) in [7, 11) is -3.33. The first-order valence-corrected chi connectivity index (χ1v) is 5.92. The minimum atomic E-state index is -3.33. The molecule has 0 spiro atoms. The predicted octanol–water partition coefficient (Wildman–Crippen LogP) is 0.472. The van der Waals surface area contributed by atoms with Crippen LogP contribution in [-0.2, 0) is 23.8 Å². The zero-order valence-electron chi connectivity index (χ0n) is 8.01. The highest BCUT2D eigenvalue weighted by atomic mass is 32.2. The lowest BCUT2D eigenvalue weighted by molar-refractivity contribution is -0.128. The molecule has 0 unspecified atom stereocenters. The van der Waals surface area contributed by atoms with Crippen LogP contribution in [0.25, 0.3) is 0 Å². The fraction of sp³-hybridized carbons (Fsp3) is 0.625. The molecule has 0 aliphatic heterocycles. The van der Waals surface area contributed by atoms with Gasteiger partial charge in [-0.15, -0.1) is 0 Å². The maximum Gasteiger partial charge on any atom is 0.293 e. The lowest BCUT2D eigenvalue weighted by atomic mass is 10.3. The van der Waals surface area contributed by atoms with Crippen LogP contribution < -0.4 is 0 Å². The van der Waals surface area contributed by atoms with Crippen LogP contribution >= 0.6 is 0 Å². The Kier molecular flexibility index (Phi) is 7.04. The summed E-state index contributed by atoms with van der Waals surface area (Å²) < 4.78 is 29.9. The first kappa shape index (κ1) is 13.1. The first-order valence-electron chi connectivity index (χ1n) is 4.11. The van der Waals surface area contributed by atoms with Gasteiger partial charge in [-0.1, -0.05) is 12.2 Å². The Hall–Kier alpha value is -0.880. The minimum Gasteiger partial charge on any atom is -0.468 e. The van der Waals surface area contributed by atoms with E-state index < -0.39 is 10.1 Å². The number of rotatable bonds is 8. The van der Waals surface area contributed by atoms with Gasteiger partial charge in [0.05, 0.1) is 19.5 Å². The standard InChI is InChI=1S/C8H14O5S/c1-14(10,11)13-7-5-3-2-4-6-12-8-9/h2-3,8H,4-7H2,1H3. The van der Waals surface area contributed by atoms with Gasteiger partial charge in [0.2, 0.25) is 0 Å². The normalized spacial score (nSPS) is 11.8. The zero-order valence-corrected chi connectivity index (χ0v) is 8.83. The van der Waals surface area contributed by atoms with E-state index in [2.05, 4.69) is 8.92 Å². The molecule has 0 aromatic carbocycles. The Morgan fingerprint density at radius 2 is 1.71 bits per heavy atom. The Labute approximate surface area is 83.8 Å². The van der Waals surface area contributed by atoms with Gasteiger partial charge in [0.1, 0.15) is 0 Å². The van der Waals surface area contributed by atoms with E-state index >= 15 is 0 Å². The highest BCUT2D eigenvalue weighted by Gasteiger charge is 1.98. The van der Waals surface area contributed by atoms with Crippen molar-refractivity contribution in [2.24, 2.45) is 0 Å². The molecular weight excluding hydrogens is 208 g/mol. The summed E-state index contributed by atoms with van der Waals surface area (Å²) in [5.41, 5.74) is 0. The molecule has 6 heteroatoms. The molecule has 0 saturated heterocycles. The molecule has 0 amide bonds. The molecule has 0 aliphatic rings. The van der Waals surface area contributed by atoms with Crippen LogP contribution in [0.5, 0.6) is 0 Å². The van der Waals surface area contributed by atoms with E-state index in [4.69, 9.17) is 0 Å². The summed E-state index contributed by atoms with van der Waals surface area (Å²) >= 11 is 0. The van der Waals surface area contributed by atoms with Gasteiger partial charge in [0.15, 0.2) is 0 Å². The predicted molar refractivity (Wildman–Crippen MR) is 51.2 cm³/mol. The average Bonchev–Trinajstić information content (AvgIpc) is 2.08. The van der Waals surface area contributed by atoms with Gasteiger partial charge in [0, 0.05) is 0 Å². The van der Waals surface area contributed by atoms with E-state index in [1.54, 1.807) is 12.2 Å².